The Morgan fingerprint density at radius 1 is 0.811 bits per heavy atom. The zero-order valence-electron chi connectivity index (χ0n) is 22.3. The monoisotopic (exact) mass is 511 g/mol. The maximum atomic E-state index is 13.0. The van der Waals surface area contributed by atoms with Gasteiger partial charge in [-0.25, -0.2) is 4.79 Å². The van der Waals surface area contributed by atoms with Crippen LogP contribution in [0, 0.1) is 0 Å². The van der Waals surface area contributed by atoms with E-state index in [4.69, 9.17) is 9.47 Å². The second-order valence-electron chi connectivity index (χ2n) is 10.5. The molecule has 2 aromatic carbocycles. The van der Waals surface area contributed by atoms with Gasteiger partial charge >= 0.3 is 12.1 Å². The van der Waals surface area contributed by atoms with Gasteiger partial charge in [0.15, 0.2) is 0 Å². The number of benzene rings is 2. The largest absolute Gasteiger partial charge is 0.460 e. The molecule has 0 aliphatic heterocycles. The molecule has 3 amide bonds. The summed E-state index contributed by atoms with van der Waals surface area (Å²) in [5, 5.41) is 8.09. The summed E-state index contributed by atoms with van der Waals surface area (Å²) in [5.74, 6) is -1.17. The molecule has 0 radical (unpaired) electrons. The molecule has 3 N–H and O–H groups in total. The Morgan fingerprint density at radius 3 is 1.97 bits per heavy atom. The number of amides is 3. The molecule has 200 valence electrons. The van der Waals surface area contributed by atoms with Crippen LogP contribution in [0.15, 0.2) is 54.6 Å². The molecule has 2 rings (SSSR count). The summed E-state index contributed by atoms with van der Waals surface area (Å²) in [4.78, 5) is 49.5. The minimum atomic E-state index is -0.881. The number of carbonyl (C=O) groups excluding carboxylic acids is 4. The number of hydrogen-bond acceptors (Lipinski definition) is 6. The van der Waals surface area contributed by atoms with Crippen molar-refractivity contribution >= 4 is 29.6 Å². The summed E-state index contributed by atoms with van der Waals surface area (Å²) < 4.78 is 10.5. The summed E-state index contributed by atoms with van der Waals surface area (Å²) in [5.41, 5.74) is 0.414. The van der Waals surface area contributed by atoms with Gasteiger partial charge in [-0.3, -0.25) is 14.4 Å². The third kappa shape index (κ3) is 11.6. The molecule has 0 fully saturated rings. The number of nitrogens with one attached hydrogen (secondary N) is 3. The highest BCUT2D eigenvalue weighted by atomic mass is 16.6. The number of esters is 1. The zero-order valence-corrected chi connectivity index (χ0v) is 22.3. The van der Waals surface area contributed by atoms with E-state index in [9.17, 15) is 19.2 Å². The second kappa shape index (κ2) is 12.9. The van der Waals surface area contributed by atoms with Gasteiger partial charge < -0.3 is 25.4 Å². The van der Waals surface area contributed by atoms with E-state index >= 15 is 0 Å². The van der Waals surface area contributed by atoms with Crippen LogP contribution in [0.1, 0.15) is 63.9 Å². The molecule has 2 aromatic rings. The Balaban J connectivity index is 1.98. The van der Waals surface area contributed by atoms with Crippen LogP contribution in [-0.4, -0.2) is 47.7 Å². The summed E-state index contributed by atoms with van der Waals surface area (Å²) in [7, 11) is 0. The van der Waals surface area contributed by atoms with Crippen LogP contribution >= 0.6 is 0 Å². The van der Waals surface area contributed by atoms with Crippen molar-refractivity contribution in [1.82, 2.24) is 10.6 Å². The average Bonchev–Trinajstić information content (AvgIpc) is 2.77. The maximum absolute atomic E-state index is 13.0. The van der Waals surface area contributed by atoms with Gasteiger partial charge in [0.2, 0.25) is 5.91 Å². The Hall–Kier alpha value is -3.88. The molecule has 0 aliphatic carbocycles. The zero-order chi connectivity index (χ0) is 27.6. The van der Waals surface area contributed by atoms with E-state index < -0.39 is 35.2 Å². The first-order chi connectivity index (χ1) is 17.2. The Kier molecular flexibility index (Phi) is 10.2. The van der Waals surface area contributed by atoms with Gasteiger partial charge in [0.05, 0.1) is 6.42 Å². The third-order valence-corrected chi connectivity index (χ3v) is 4.74. The van der Waals surface area contributed by atoms with Crippen molar-refractivity contribution in [2.75, 3.05) is 11.9 Å². The molecule has 0 saturated carbocycles. The van der Waals surface area contributed by atoms with Crippen molar-refractivity contribution < 1.29 is 28.7 Å². The lowest BCUT2D eigenvalue weighted by molar-refractivity contribution is -0.154. The average molecular weight is 512 g/mol. The van der Waals surface area contributed by atoms with Crippen LogP contribution < -0.4 is 16.0 Å². The fraction of sp³-hybridized carbons (Fsp3) is 0.429. The summed E-state index contributed by atoms with van der Waals surface area (Å²) >= 11 is 0. The van der Waals surface area contributed by atoms with Crippen LogP contribution in [-0.2, 0) is 25.5 Å². The van der Waals surface area contributed by atoms with Gasteiger partial charge in [0, 0.05) is 24.2 Å². The fourth-order valence-corrected chi connectivity index (χ4v) is 3.22. The summed E-state index contributed by atoms with van der Waals surface area (Å²) in [6.45, 7) is 10.7. The van der Waals surface area contributed by atoms with Crippen molar-refractivity contribution in [3.05, 3.63) is 65.7 Å². The highest BCUT2D eigenvalue weighted by molar-refractivity contribution is 5.98. The number of anilines is 1. The molecule has 1 atom stereocenters. The Labute approximate surface area is 218 Å². The molecule has 9 heteroatoms. The number of hydrogen-bond donors (Lipinski definition) is 3. The van der Waals surface area contributed by atoms with Crippen molar-refractivity contribution in [1.29, 1.82) is 0 Å². The van der Waals surface area contributed by atoms with Gasteiger partial charge in [-0.15, -0.1) is 0 Å². The first-order valence-corrected chi connectivity index (χ1v) is 12.2. The lowest BCUT2D eigenvalue weighted by atomic mass is 10.1. The summed E-state index contributed by atoms with van der Waals surface area (Å²) in [6, 6.07) is 14.7. The molecule has 37 heavy (non-hydrogen) atoms. The van der Waals surface area contributed by atoms with Crippen LogP contribution in [0.3, 0.4) is 0 Å². The standard InChI is InChI=1S/C28H37N3O6/c1-27(2,3)36-23(32)16-17-29-24(33)20-12-14-21(15-13-20)30-25(34)22(18-19-10-8-7-9-11-19)31-26(35)37-28(4,5)6/h7-15,22H,16-18H2,1-6H3,(H,29,33)(H,30,34)(H,31,35)/t22-/m0/s1. The molecule has 0 aromatic heterocycles. The van der Waals surface area contributed by atoms with E-state index in [0.717, 1.165) is 5.56 Å². The topological polar surface area (TPSA) is 123 Å². The molecule has 0 bridgehead atoms. The molecule has 0 spiro atoms. The Bertz CT molecular complexity index is 1070. The van der Waals surface area contributed by atoms with E-state index in [-0.39, 0.29) is 25.3 Å². The van der Waals surface area contributed by atoms with Crippen LogP contribution in [0.4, 0.5) is 10.5 Å². The number of carbonyl (C=O) groups is 4. The molecule has 0 saturated heterocycles. The smallest absolute Gasteiger partial charge is 0.408 e. The van der Waals surface area contributed by atoms with Crippen molar-refractivity contribution in [3.63, 3.8) is 0 Å². The third-order valence-electron chi connectivity index (χ3n) is 4.74. The van der Waals surface area contributed by atoms with Crippen LogP contribution in [0.2, 0.25) is 0 Å². The number of rotatable bonds is 9. The maximum Gasteiger partial charge on any atom is 0.408 e. The summed E-state index contributed by atoms with van der Waals surface area (Å²) in [6.07, 6.45) is -0.365. The van der Waals surface area contributed by atoms with Crippen molar-refractivity contribution in [2.45, 2.75) is 71.6 Å². The van der Waals surface area contributed by atoms with Gasteiger partial charge in [-0.05, 0) is 71.4 Å². The van der Waals surface area contributed by atoms with Gasteiger partial charge in [0.1, 0.15) is 17.2 Å². The highest BCUT2D eigenvalue weighted by Gasteiger charge is 2.25. The predicted molar refractivity (Wildman–Crippen MR) is 141 cm³/mol. The number of alkyl carbamates (subject to hydrolysis) is 1. The van der Waals surface area contributed by atoms with E-state index in [1.165, 1.54) is 0 Å². The van der Waals surface area contributed by atoms with Gasteiger partial charge in [-0.2, -0.15) is 0 Å². The second-order valence-corrected chi connectivity index (χ2v) is 10.5. The van der Waals surface area contributed by atoms with Crippen molar-refractivity contribution in [2.24, 2.45) is 0 Å². The van der Waals surface area contributed by atoms with Crippen LogP contribution in [0.5, 0.6) is 0 Å². The fourth-order valence-electron chi connectivity index (χ4n) is 3.22. The van der Waals surface area contributed by atoms with E-state index in [1.807, 2.05) is 30.3 Å². The van der Waals surface area contributed by atoms with E-state index in [1.54, 1.807) is 65.8 Å². The molecular formula is C28H37N3O6. The minimum Gasteiger partial charge on any atom is -0.460 e. The molecular weight excluding hydrogens is 474 g/mol. The Morgan fingerprint density at radius 2 is 1.41 bits per heavy atom. The van der Waals surface area contributed by atoms with E-state index in [2.05, 4.69) is 16.0 Å². The quantitative estimate of drug-likeness (QED) is 0.433. The van der Waals surface area contributed by atoms with Gasteiger partial charge in [-0.1, -0.05) is 30.3 Å². The SMILES string of the molecule is CC(C)(C)OC(=O)CCNC(=O)c1ccc(NC(=O)[C@H](Cc2ccccc2)NC(=O)OC(C)(C)C)cc1. The molecule has 9 nitrogen and oxygen atoms in total. The predicted octanol–water partition coefficient (Wildman–Crippen LogP) is 4.22. The lowest BCUT2D eigenvalue weighted by Crippen LogP contribution is -2.47. The normalized spacial score (nSPS) is 12.2. The van der Waals surface area contributed by atoms with Crippen LogP contribution in [0.25, 0.3) is 0 Å². The molecule has 0 aliphatic rings. The molecule has 0 unspecified atom stereocenters. The minimum absolute atomic E-state index is 0.0601. The lowest BCUT2D eigenvalue weighted by Gasteiger charge is -2.23. The van der Waals surface area contributed by atoms with E-state index in [0.29, 0.717) is 11.3 Å². The first-order valence-electron chi connectivity index (χ1n) is 12.2. The molecule has 0 heterocycles. The number of ether oxygens (including phenoxy) is 2. The highest BCUT2D eigenvalue weighted by Crippen LogP contribution is 2.13. The first kappa shape index (κ1) is 29.4. The van der Waals surface area contributed by atoms with Crippen molar-refractivity contribution in [3.8, 4) is 0 Å². The van der Waals surface area contributed by atoms with Gasteiger partial charge in [0.25, 0.3) is 5.91 Å².